The summed E-state index contributed by atoms with van der Waals surface area (Å²) in [5.74, 6) is 0.133. The molecule has 4 heteroatoms. The van der Waals surface area contributed by atoms with Gasteiger partial charge in [0.25, 0.3) is 5.91 Å². The van der Waals surface area contributed by atoms with Gasteiger partial charge in [0, 0.05) is 48.3 Å². The number of aromatic amines is 1. The van der Waals surface area contributed by atoms with Gasteiger partial charge in [0.15, 0.2) is 0 Å². The molecular formula is C14H17N3O. The zero-order chi connectivity index (χ0) is 12.5. The molecule has 0 unspecified atom stereocenters. The number of carbonyl (C=O) groups excluding carboxylic acids is 1. The quantitative estimate of drug-likeness (QED) is 0.799. The van der Waals surface area contributed by atoms with Gasteiger partial charge in [0.2, 0.25) is 0 Å². The summed E-state index contributed by atoms with van der Waals surface area (Å²) in [5.41, 5.74) is 1.81. The standard InChI is InChI=1S/C14H17N3O/c1-10-9-17(8-7-15-10)14(18)12-3-2-4-13-11(12)5-6-16-13/h2-6,10,15-16H,7-9H2,1H3/t10-/m0/s1. The van der Waals surface area contributed by atoms with Crippen molar-refractivity contribution in [2.24, 2.45) is 0 Å². The number of hydrogen-bond donors (Lipinski definition) is 2. The van der Waals surface area contributed by atoms with Crippen molar-refractivity contribution in [2.45, 2.75) is 13.0 Å². The lowest BCUT2D eigenvalue weighted by Crippen LogP contribution is -2.51. The molecule has 2 heterocycles. The van der Waals surface area contributed by atoms with Gasteiger partial charge >= 0.3 is 0 Å². The summed E-state index contributed by atoms with van der Waals surface area (Å²) in [7, 11) is 0. The van der Waals surface area contributed by atoms with Crippen molar-refractivity contribution in [3.63, 3.8) is 0 Å². The van der Waals surface area contributed by atoms with Crippen LogP contribution in [-0.4, -0.2) is 41.5 Å². The van der Waals surface area contributed by atoms with Crippen LogP contribution in [0.2, 0.25) is 0 Å². The first kappa shape index (κ1) is 11.3. The summed E-state index contributed by atoms with van der Waals surface area (Å²) in [6, 6.07) is 8.16. The third-order valence-electron chi connectivity index (χ3n) is 3.48. The molecule has 1 aliphatic heterocycles. The lowest BCUT2D eigenvalue weighted by molar-refractivity contribution is 0.0711. The van der Waals surface area contributed by atoms with E-state index in [9.17, 15) is 4.79 Å². The third-order valence-corrected chi connectivity index (χ3v) is 3.48. The second kappa shape index (κ2) is 4.46. The highest BCUT2D eigenvalue weighted by atomic mass is 16.2. The summed E-state index contributed by atoms with van der Waals surface area (Å²) in [5, 5.41) is 4.36. The lowest BCUT2D eigenvalue weighted by atomic mass is 10.1. The molecule has 1 aromatic carbocycles. The van der Waals surface area contributed by atoms with Crippen LogP contribution in [0.3, 0.4) is 0 Å². The number of hydrogen-bond acceptors (Lipinski definition) is 2. The molecule has 4 nitrogen and oxygen atoms in total. The van der Waals surface area contributed by atoms with E-state index in [0.717, 1.165) is 36.1 Å². The van der Waals surface area contributed by atoms with Gasteiger partial charge < -0.3 is 15.2 Å². The Balaban J connectivity index is 1.94. The molecule has 0 radical (unpaired) electrons. The van der Waals surface area contributed by atoms with Gasteiger partial charge in [0.1, 0.15) is 0 Å². The SMILES string of the molecule is C[C@H]1CN(C(=O)c2cccc3[nH]ccc23)CCN1. The Labute approximate surface area is 106 Å². The predicted molar refractivity (Wildman–Crippen MR) is 71.7 cm³/mol. The minimum atomic E-state index is 0.133. The molecule has 3 rings (SSSR count). The molecule has 2 N–H and O–H groups in total. The maximum absolute atomic E-state index is 12.5. The Bertz CT molecular complexity index is 575. The van der Waals surface area contributed by atoms with E-state index < -0.39 is 0 Å². The largest absolute Gasteiger partial charge is 0.361 e. The van der Waals surface area contributed by atoms with Crippen molar-refractivity contribution in [2.75, 3.05) is 19.6 Å². The highest BCUT2D eigenvalue weighted by Gasteiger charge is 2.22. The predicted octanol–water partition coefficient (Wildman–Crippen LogP) is 1.60. The summed E-state index contributed by atoms with van der Waals surface area (Å²) in [6.45, 7) is 4.54. The van der Waals surface area contributed by atoms with E-state index in [1.54, 1.807) is 0 Å². The summed E-state index contributed by atoms with van der Waals surface area (Å²) in [4.78, 5) is 17.6. The van der Waals surface area contributed by atoms with E-state index in [1.807, 2.05) is 35.4 Å². The average Bonchev–Trinajstić information content (AvgIpc) is 2.86. The number of amides is 1. The molecule has 1 fully saturated rings. The van der Waals surface area contributed by atoms with Crippen LogP contribution in [0.1, 0.15) is 17.3 Å². The van der Waals surface area contributed by atoms with E-state index in [4.69, 9.17) is 0 Å². The smallest absolute Gasteiger partial charge is 0.254 e. The van der Waals surface area contributed by atoms with Gasteiger partial charge in [-0.1, -0.05) is 6.07 Å². The second-order valence-corrected chi connectivity index (χ2v) is 4.85. The fraction of sp³-hybridized carbons (Fsp3) is 0.357. The summed E-state index contributed by atoms with van der Waals surface area (Å²) < 4.78 is 0. The van der Waals surface area contributed by atoms with E-state index >= 15 is 0 Å². The molecule has 0 saturated carbocycles. The fourth-order valence-corrected chi connectivity index (χ4v) is 2.56. The molecule has 1 aromatic heterocycles. The van der Waals surface area contributed by atoms with Crippen LogP contribution in [-0.2, 0) is 0 Å². The maximum Gasteiger partial charge on any atom is 0.254 e. The number of fused-ring (bicyclic) bond motifs is 1. The number of aromatic nitrogens is 1. The lowest BCUT2D eigenvalue weighted by Gasteiger charge is -2.32. The van der Waals surface area contributed by atoms with E-state index in [2.05, 4.69) is 17.2 Å². The topological polar surface area (TPSA) is 48.1 Å². The minimum Gasteiger partial charge on any atom is -0.361 e. The summed E-state index contributed by atoms with van der Waals surface area (Å²) >= 11 is 0. The molecule has 18 heavy (non-hydrogen) atoms. The Morgan fingerprint density at radius 1 is 1.39 bits per heavy atom. The van der Waals surface area contributed by atoms with Crippen LogP contribution in [0.4, 0.5) is 0 Å². The Morgan fingerprint density at radius 2 is 2.28 bits per heavy atom. The molecule has 0 aliphatic carbocycles. The van der Waals surface area contributed by atoms with Crippen LogP contribution in [0.5, 0.6) is 0 Å². The van der Waals surface area contributed by atoms with Gasteiger partial charge in [-0.25, -0.2) is 0 Å². The van der Waals surface area contributed by atoms with E-state index in [1.165, 1.54) is 0 Å². The highest BCUT2D eigenvalue weighted by molar-refractivity contribution is 6.06. The van der Waals surface area contributed by atoms with Crippen LogP contribution in [0, 0.1) is 0 Å². The number of carbonyl (C=O) groups is 1. The molecule has 1 atom stereocenters. The molecule has 1 saturated heterocycles. The van der Waals surface area contributed by atoms with Crippen LogP contribution >= 0.6 is 0 Å². The first-order valence-corrected chi connectivity index (χ1v) is 6.34. The van der Waals surface area contributed by atoms with Crippen molar-refractivity contribution < 1.29 is 4.79 Å². The van der Waals surface area contributed by atoms with Crippen molar-refractivity contribution in [1.29, 1.82) is 0 Å². The van der Waals surface area contributed by atoms with Crippen molar-refractivity contribution in [3.05, 3.63) is 36.0 Å². The Morgan fingerprint density at radius 3 is 3.11 bits per heavy atom. The molecule has 94 valence electrons. The van der Waals surface area contributed by atoms with Gasteiger partial charge in [-0.05, 0) is 25.1 Å². The Kier molecular flexibility index (Phi) is 2.80. The monoisotopic (exact) mass is 243 g/mol. The zero-order valence-corrected chi connectivity index (χ0v) is 10.4. The number of piperazine rings is 1. The van der Waals surface area contributed by atoms with Gasteiger partial charge in [-0.2, -0.15) is 0 Å². The van der Waals surface area contributed by atoms with E-state index in [-0.39, 0.29) is 5.91 Å². The number of nitrogens with zero attached hydrogens (tertiary/aromatic N) is 1. The Hall–Kier alpha value is -1.81. The fourth-order valence-electron chi connectivity index (χ4n) is 2.56. The van der Waals surface area contributed by atoms with E-state index in [0.29, 0.717) is 6.04 Å². The number of benzene rings is 1. The number of H-pyrrole nitrogens is 1. The van der Waals surface area contributed by atoms with Gasteiger partial charge in [-0.3, -0.25) is 4.79 Å². The first-order valence-electron chi connectivity index (χ1n) is 6.34. The van der Waals surface area contributed by atoms with Crippen molar-refractivity contribution >= 4 is 16.8 Å². The molecule has 1 amide bonds. The van der Waals surface area contributed by atoms with Crippen molar-refractivity contribution in [1.82, 2.24) is 15.2 Å². The molecule has 2 aromatic rings. The summed E-state index contributed by atoms with van der Waals surface area (Å²) in [6.07, 6.45) is 1.88. The first-order chi connectivity index (χ1) is 8.75. The van der Waals surface area contributed by atoms with Crippen LogP contribution in [0.25, 0.3) is 10.9 Å². The molecular weight excluding hydrogens is 226 g/mol. The molecule has 0 spiro atoms. The third kappa shape index (κ3) is 1.88. The number of nitrogens with one attached hydrogen (secondary N) is 2. The van der Waals surface area contributed by atoms with Crippen LogP contribution in [0.15, 0.2) is 30.5 Å². The second-order valence-electron chi connectivity index (χ2n) is 4.85. The van der Waals surface area contributed by atoms with Gasteiger partial charge in [0.05, 0.1) is 0 Å². The highest BCUT2D eigenvalue weighted by Crippen LogP contribution is 2.19. The van der Waals surface area contributed by atoms with Crippen LogP contribution < -0.4 is 5.32 Å². The van der Waals surface area contributed by atoms with Gasteiger partial charge in [-0.15, -0.1) is 0 Å². The zero-order valence-electron chi connectivity index (χ0n) is 10.4. The maximum atomic E-state index is 12.5. The van der Waals surface area contributed by atoms with Crippen molar-refractivity contribution in [3.8, 4) is 0 Å². The normalized spacial score (nSPS) is 20.3. The molecule has 1 aliphatic rings. The molecule has 0 bridgehead atoms. The average molecular weight is 243 g/mol. The number of rotatable bonds is 1. The minimum absolute atomic E-state index is 0.133.